The lowest BCUT2D eigenvalue weighted by Crippen LogP contribution is -2.27. The van der Waals surface area contributed by atoms with Crippen molar-refractivity contribution in [2.75, 3.05) is 26.0 Å². The van der Waals surface area contributed by atoms with Crippen LogP contribution in [-0.4, -0.2) is 59.4 Å². The van der Waals surface area contributed by atoms with E-state index in [0.29, 0.717) is 30.6 Å². The Hall–Kier alpha value is -1.91. The summed E-state index contributed by atoms with van der Waals surface area (Å²) in [6, 6.07) is 6.71. The highest BCUT2D eigenvalue weighted by atomic mass is 32.2. The Morgan fingerprint density at radius 1 is 1.19 bits per heavy atom. The Balaban J connectivity index is 1.83. The van der Waals surface area contributed by atoms with Crippen molar-refractivity contribution >= 4 is 27.8 Å². The molecule has 27 heavy (non-hydrogen) atoms. The third-order valence-corrected chi connectivity index (χ3v) is 7.25. The number of rotatable bonds is 7. The van der Waals surface area contributed by atoms with Crippen LogP contribution in [0.4, 0.5) is 0 Å². The van der Waals surface area contributed by atoms with Gasteiger partial charge in [-0.05, 0) is 44.0 Å². The molecule has 0 unspecified atom stereocenters. The Morgan fingerprint density at radius 3 is 2.44 bits per heavy atom. The molecular weight excluding hydrogens is 388 g/mol. The van der Waals surface area contributed by atoms with Gasteiger partial charge in [0.15, 0.2) is 11.0 Å². The summed E-state index contributed by atoms with van der Waals surface area (Å²) in [6.45, 7) is 3.74. The van der Waals surface area contributed by atoms with Crippen LogP contribution in [0.5, 0.6) is 0 Å². The highest BCUT2D eigenvalue weighted by Crippen LogP contribution is 2.26. The van der Waals surface area contributed by atoms with Crippen LogP contribution in [0.2, 0.25) is 0 Å². The van der Waals surface area contributed by atoms with E-state index in [4.69, 9.17) is 0 Å². The maximum Gasteiger partial charge on any atom is 0.316 e. The van der Waals surface area contributed by atoms with Gasteiger partial charge in [0, 0.05) is 25.2 Å². The van der Waals surface area contributed by atoms with Crippen molar-refractivity contribution in [3.63, 3.8) is 0 Å². The number of benzene rings is 1. The summed E-state index contributed by atoms with van der Waals surface area (Å²) in [6.07, 6.45) is 1.81. The van der Waals surface area contributed by atoms with E-state index in [0.717, 1.165) is 18.4 Å². The third kappa shape index (κ3) is 4.17. The molecule has 0 spiro atoms. The average Bonchev–Trinajstić information content (AvgIpc) is 3.36. The molecule has 1 aliphatic heterocycles. The molecule has 0 N–H and O–H groups in total. The first-order valence-corrected chi connectivity index (χ1v) is 11.1. The van der Waals surface area contributed by atoms with Gasteiger partial charge in [0.05, 0.1) is 17.8 Å². The first-order valence-electron chi connectivity index (χ1n) is 8.70. The van der Waals surface area contributed by atoms with Gasteiger partial charge in [-0.25, -0.2) is 8.42 Å². The highest BCUT2D eigenvalue weighted by molar-refractivity contribution is 7.99. The predicted molar refractivity (Wildman–Crippen MR) is 102 cm³/mol. The Bertz CT molecular complexity index is 904. The fourth-order valence-corrected chi connectivity index (χ4v) is 5.28. The average molecular weight is 411 g/mol. The van der Waals surface area contributed by atoms with Crippen LogP contribution in [0.1, 0.15) is 19.8 Å². The minimum Gasteiger partial charge on any atom is -0.468 e. The van der Waals surface area contributed by atoms with Crippen LogP contribution in [0.25, 0.3) is 11.4 Å². The van der Waals surface area contributed by atoms with Gasteiger partial charge in [0.1, 0.15) is 0 Å². The molecule has 1 aromatic carbocycles. The van der Waals surface area contributed by atoms with Crippen LogP contribution in [0, 0.1) is 0 Å². The number of methoxy groups -OCH3 is 1. The van der Waals surface area contributed by atoms with Gasteiger partial charge in [-0.15, -0.1) is 10.2 Å². The summed E-state index contributed by atoms with van der Waals surface area (Å²) in [5, 5.41) is 8.97. The van der Waals surface area contributed by atoms with Gasteiger partial charge in [-0.3, -0.25) is 4.79 Å². The molecular formula is C17H22N4O4S2. The van der Waals surface area contributed by atoms with E-state index in [1.54, 1.807) is 24.3 Å². The maximum absolute atomic E-state index is 12.6. The number of esters is 1. The van der Waals surface area contributed by atoms with E-state index in [1.165, 1.54) is 23.2 Å². The van der Waals surface area contributed by atoms with Gasteiger partial charge in [0.2, 0.25) is 10.0 Å². The first-order chi connectivity index (χ1) is 13.0. The smallest absolute Gasteiger partial charge is 0.316 e. The third-order valence-electron chi connectivity index (χ3n) is 4.40. The first kappa shape index (κ1) is 19.8. The van der Waals surface area contributed by atoms with Crippen molar-refractivity contribution in [2.24, 2.45) is 0 Å². The highest BCUT2D eigenvalue weighted by Gasteiger charge is 2.27. The van der Waals surface area contributed by atoms with Gasteiger partial charge in [-0.1, -0.05) is 11.8 Å². The van der Waals surface area contributed by atoms with E-state index in [2.05, 4.69) is 14.9 Å². The molecule has 1 aliphatic rings. The zero-order valence-electron chi connectivity index (χ0n) is 15.3. The molecule has 1 fully saturated rings. The van der Waals surface area contributed by atoms with E-state index < -0.39 is 10.0 Å². The molecule has 0 amide bonds. The van der Waals surface area contributed by atoms with E-state index in [1.807, 2.05) is 11.5 Å². The molecule has 0 aliphatic carbocycles. The van der Waals surface area contributed by atoms with Crippen LogP contribution in [0.3, 0.4) is 0 Å². The summed E-state index contributed by atoms with van der Waals surface area (Å²) in [5.74, 6) is 0.459. The Morgan fingerprint density at radius 2 is 1.85 bits per heavy atom. The summed E-state index contributed by atoms with van der Waals surface area (Å²) in [5.41, 5.74) is 0.773. The van der Waals surface area contributed by atoms with Gasteiger partial charge >= 0.3 is 5.97 Å². The molecule has 0 atom stereocenters. The number of thioether (sulfide) groups is 1. The topological polar surface area (TPSA) is 94.4 Å². The fraction of sp³-hybridized carbons (Fsp3) is 0.471. The SMILES string of the molecule is CCn1c(SCC(=O)OC)nnc1-c1ccc(S(=O)(=O)N2CCCC2)cc1. The number of hydrogen-bond donors (Lipinski definition) is 0. The molecule has 2 aromatic rings. The van der Waals surface area contributed by atoms with E-state index >= 15 is 0 Å². The molecule has 0 radical (unpaired) electrons. The second-order valence-electron chi connectivity index (χ2n) is 6.05. The van der Waals surface area contributed by atoms with Gasteiger partial charge in [-0.2, -0.15) is 4.31 Å². The van der Waals surface area contributed by atoms with Crippen molar-refractivity contribution in [1.82, 2.24) is 19.1 Å². The summed E-state index contributed by atoms with van der Waals surface area (Å²) in [4.78, 5) is 11.6. The van der Waals surface area contributed by atoms with Crippen LogP contribution in [-0.2, 0) is 26.1 Å². The molecule has 8 nitrogen and oxygen atoms in total. The van der Waals surface area contributed by atoms with Crippen LogP contribution in [0.15, 0.2) is 34.3 Å². The van der Waals surface area contributed by atoms with Crippen molar-refractivity contribution in [1.29, 1.82) is 0 Å². The molecule has 10 heteroatoms. The van der Waals surface area contributed by atoms with Gasteiger partial charge in [0.25, 0.3) is 0 Å². The quantitative estimate of drug-likeness (QED) is 0.509. The monoisotopic (exact) mass is 410 g/mol. The van der Waals surface area contributed by atoms with Crippen LogP contribution < -0.4 is 0 Å². The zero-order valence-corrected chi connectivity index (χ0v) is 16.9. The Kier molecular flexibility index (Phi) is 6.18. The molecule has 146 valence electrons. The molecule has 1 aromatic heterocycles. The number of sulfonamides is 1. The van der Waals surface area contributed by atoms with Crippen LogP contribution >= 0.6 is 11.8 Å². The minimum atomic E-state index is -3.43. The summed E-state index contributed by atoms with van der Waals surface area (Å²) in [7, 11) is -2.09. The lowest BCUT2D eigenvalue weighted by molar-refractivity contribution is -0.137. The van der Waals surface area contributed by atoms with E-state index in [9.17, 15) is 13.2 Å². The van der Waals surface area contributed by atoms with Crippen molar-refractivity contribution in [3.05, 3.63) is 24.3 Å². The largest absolute Gasteiger partial charge is 0.468 e. The maximum atomic E-state index is 12.6. The van der Waals surface area contributed by atoms with E-state index in [-0.39, 0.29) is 16.6 Å². The number of carbonyl (C=O) groups is 1. The fourth-order valence-electron chi connectivity index (χ4n) is 2.93. The lowest BCUT2D eigenvalue weighted by Gasteiger charge is -2.15. The molecule has 0 saturated carbocycles. The second kappa shape index (κ2) is 8.41. The molecule has 1 saturated heterocycles. The van der Waals surface area contributed by atoms with Crippen molar-refractivity contribution in [2.45, 2.75) is 36.4 Å². The van der Waals surface area contributed by atoms with Crippen molar-refractivity contribution < 1.29 is 17.9 Å². The molecule has 2 heterocycles. The van der Waals surface area contributed by atoms with Crippen molar-refractivity contribution in [3.8, 4) is 11.4 Å². The number of hydrogen-bond acceptors (Lipinski definition) is 7. The standard InChI is InChI=1S/C17H22N4O4S2/c1-3-21-16(18-19-17(21)26-12-15(22)25-2)13-6-8-14(9-7-13)27(23,24)20-10-4-5-11-20/h6-9H,3-5,10-12H2,1-2H3. The Labute approximate surface area is 163 Å². The number of ether oxygens (including phenoxy) is 1. The summed E-state index contributed by atoms with van der Waals surface area (Å²) >= 11 is 1.26. The minimum absolute atomic E-state index is 0.154. The molecule has 0 bridgehead atoms. The normalized spacial score (nSPS) is 15.2. The number of aromatic nitrogens is 3. The van der Waals surface area contributed by atoms with Gasteiger partial charge < -0.3 is 9.30 Å². The lowest BCUT2D eigenvalue weighted by atomic mass is 10.2. The number of nitrogens with zero attached hydrogens (tertiary/aromatic N) is 4. The predicted octanol–water partition coefficient (Wildman–Crippen LogP) is 2.01. The number of carbonyl (C=O) groups excluding carboxylic acids is 1. The summed E-state index contributed by atoms with van der Waals surface area (Å²) < 4.78 is 33.3. The molecule has 3 rings (SSSR count). The zero-order chi connectivity index (χ0) is 19.4. The second-order valence-corrected chi connectivity index (χ2v) is 8.93.